The molecular weight excluding hydrogens is 438 g/mol. The Morgan fingerprint density at radius 2 is 1.61 bits per heavy atom. The SMILES string of the molecule is Cc1cccc(N(CC(=O)N(Cc2ccccc2)[C@H](C)C(=O)NCC(C)C)S(C)(=O)=O)c1C. The zero-order valence-electron chi connectivity index (χ0n) is 20.3. The number of nitrogens with one attached hydrogen (secondary N) is 1. The first-order chi connectivity index (χ1) is 15.4. The number of amides is 2. The number of benzene rings is 2. The number of carbonyl (C=O) groups excluding carboxylic acids is 2. The molecule has 0 fully saturated rings. The summed E-state index contributed by atoms with van der Waals surface area (Å²) in [5.74, 6) is -0.451. The van der Waals surface area contributed by atoms with Gasteiger partial charge in [0, 0.05) is 13.1 Å². The van der Waals surface area contributed by atoms with E-state index < -0.39 is 28.5 Å². The molecule has 1 atom stereocenters. The van der Waals surface area contributed by atoms with Crippen molar-refractivity contribution < 1.29 is 18.0 Å². The van der Waals surface area contributed by atoms with Crippen molar-refractivity contribution in [2.75, 3.05) is 23.7 Å². The smallest absolute Gasteiger partial charge is 0.244 e. The van der Waals surface area contributed by atoms with Crippen LogP contribution in [0.1, 0.15) is 37.5 Å². The standard InChI is InChI=1S/C25H35N3O4S/c1-18(2)15-26-25(30)21(5)27(16-22-12-8-7-9-13-22)24(29)17-28(33(6,31)32)23-14-10-11-19(3)20(23)4/h7-14,18,21H,15-17H2,1-6H3,(H,26,30)/t21-/m1/s1. The van der Waals surface area contributed by atoms with E-state index in [2.05, 4.69) is 5.32 Å². The lowest BCUT2D eigenvalue weighted by atomic mass is 10.1. The highest BCUT2D eigenvalue weighted by Crippen LogP contribution is 2.25. The number of sulfonamides is 1. The van der Waals surface area contributed by atoms with Gasteiger partial charge in [-0.15, -0.1) is 0 Å². The molecule has 0 aromatic heterocycles. The van der Waals surface area contributed by atoms with Gasteiger partial charge in [-0.1, -0.05) is 56.3 Å². The van der Waals surface area contributed by atoms with Crippen LogP contribution in [0.15, 0.2) is 48.5 Å². The topological polar surface area (TPSA) is 86.8 Å². The van der Waals surface area contributed by atoms with Crippen molar-refractivity contribution in [2.24, 2.45) is 5.92 Å². The van der Waals surface area contributed by atoms with Gasteiger partial charge in [0.25, 0.3) is 0 Å². The first-order valence-electron chi connectivity index (χ1n) is 11.1. The van der Waals surface area contributed by atoms with Crippen molar-refractivity contribution in [3.63, 3.8) is 0 Å². The van der Waals surface area contributed by atoms with E-state index >= 15 is 0 Å². The maximum Gasteiger partial charge on any atom is 0.244 e. The van der Waals surface area contributed by atoms with Gasteiger partial charge in [-0.25, -0.2) is 8.42 Å². The summed E-state index contributed by atoms with van der Waals surface area (Å²) in [6, 6.07) is 13.9. The van der Waals surface area contributed by atoms with Crippen molar-refractivity contribution in [2.45, 2.75) is 47.2 Å². The Kier molecular flexibility index (Phi) is 9.05. The first kappa shape index (κ1) is 26.4. The second-order valence-electron chi connectivity index (χ2n) is 8.81. The van der Waals surface area contributed by atoms with Crippen LogP contribution in [-0.2, 0) is 26.2 Å². The van der Waals surface area contributed by atoms with Gasteiger partial charge in [0.2, 0.25) is 21.8 Å². The summed E-state index contributed by atoms with van der Waals surface area (Å²) in [7, 11) is -3.74. The molecule has 7 nitrogen and oxygen atoms in total. The van der Waals surface area contributed by atoms with Gasteiger partial charge in [-0.3, -0.25) is 13.9 Å². The minimum atomic E-state index is -3.74. The molecule has 0 bridgehead atoms. The van der Waals surface area contributed by atoms with E-state index in [-0.39, 0.29) is 18.4 Å². The number of rotatable bonds is 10. The quantitative estimate of drug-likeness (QED) is 0.574. The molecule has 2 aromatic carbocycles. The summed E-state index contributed by atoms with van der Waals surface area (Å²) < 4.78 is 26.5. The summed E-state index contributed by atoms with van der Waals surface area (Å²) in [6.07, 6.45) is 1.09. The van der Waals surface area contributed by atoms with Gasteiger partial charge >= 0.3 is 0 Å². The van der Waals surface area contributed by atoms with Crippen LogP contribution in [0, 0.1) is 19.8 Å². The maximum atomic E-state index is 13.5. The summed E-state index contributed by atoms with van der Waals surface area (Å²) in [5, 5.41) is 2.87. The molecule has 33 heavy (non-hydrogen) atoms. The molecule has 0 spiro atoms. The summed E-state index contributed by atoms with van der Waals surface area (Å²) in [4.78, 5) is 27.7. The summed E-state index contributed by atoms with van der Waals surface area (Å²) in [5.41, 5.74) is 3.03. The van der Waals surface area contributed by atoms with Gasteiger partial charge in [-0.2, -0.15) is 0 Å². The van der Waals surface area contributed by atoms with E-state index in [0.29, 0.717) is 12.2 Å². The van der Waals surface area contributed by atoms with Crippen molar-refractivity contribution >= 4 is 27.5 Å². The molecule has 0 aliphatic heterocycles. The number of anilines is 1. The van der Waals surface area contributed by atoms with Gasteiger partial charge in [0.1, 0.15) is 12.6 Å². The fourth-order valence-electron chi connectivity index (χ4n) is 3.42. The fourth-order valence-corrected chi connectivity index (χ4v) is 4.32. The Bertz CT molecular complexity index is 1070. The van der Waals surface area contributed by atoms with E-state index in [1.165, 1.54) is 4.90 Å². The lowest BCUT2D eigenvalue weighted by Gasteiger charge is -2.32. The van der Waals surface area contributed by atoms with Crippen molar-refractivity contribution in [3.8, 4) is 0 Å². The fraction of sp³-hybridized carbons (Fsp3) is 0.440. The molecule has 0 saturated carbocycles. The van der Waals surface area contributed by atoms with Crippen LogP contribution in [0.25, 0.3) is 0 Å². The third-order valence-corrected chi connectivity index (χ3v) is 6.70. The second-order valence-corrected chi connectivity index (χ2v) is 10.7. The molecule has 180 valence electrons. The van der Waals surface area contributed by atoms with E-state index in [1.54, 1.807) is 19.1 Å². The highest BCUT2D eigenvalue weighted by atomic mass is 32.2. The van der Waals surface area contributed by atoms with Crippen molar-refractivity contribution in [1.82, 2.24) is 10.2 Å². The van der Waals surface area contributed by atoms with Crippen LogP contribution in [0.4, 0.5) is 5.69 Å². The predicted molar refractivity (Wildman–Crippen MR) is 132 cm³/mol. The summed E-state index contributed by atoms with van der Waals surface area (Å²) in [6.45, 7) is 9.67. The van der Waals surface area contributed by atoms with Gasteiger partial charge in [-0.05, 0) is 49.4 Å². The van der Waals surface area contributed by atoms with E-state index in [0.717, 1.165) is 27.3 Å². The third-order valence-electron chi connectivity index (χ3n) is 5.57. The molecule has 1 N–H and O–H groups in total. The molecule has 0 unspecified atom stereocenters. The average molecular weight is 474 g/mol. The lowest BCUT2D eigenvalue weighted by Crippen LogP contribution is -2.51. The Balaban J connectivity index is 2.38. The van der Waals surface area contributed by atoms with Crippen LogP contribution in [0.2, 0.25) is 0 Å². The molecule has 0 aliphatic rings. The van der Waals surface area contributed by atoms with Crippen LogP contribution < -0.4 is 9.62 Å². The minimum absolute atomic E-state index is 0.195. The van der Waals surface area contributed by atoms with Crippen LogP contribution in [0.5, 0.6) is 0 Å². The highest BCUT2D eigenvalue weighted by molar-refractivity contribution is 7.92. The molecule has 2 rings (SSSR count). The molecule has 0 heterocycles. The molecule has 2 amide bonds. The van der Waals surface area contributed by atoms with Crippen LogP contribution in [-0.4, -0.2) is 50.5 Å². The number of hydrogen-bond donors (Lipinski definition) is 1. The number of carbonyl (C=O) groups is 2. The first-order valence-corrected chi connectivity index (χ1v) is 12.9. The maximum absolute atomic E-state index is 13.5. The van der Waals surface area contributed by atoms with Gasteiger partial charge < -0.3 is 10.2 Å². The van der Waals surface area contributed by atoms with E-state index in [4.69, 9.17) is 0 Å². The second kappa shape index (κ2) is 11.3. The zero-order valence-corrected chi connectivity index (χ0v) is 21.1. The Morgan fingerprint density at radius 1 is 0.970 bits per heavy atom. The summed E-state index contributed by atoms with van der Waals surface area (Å²) >= 11 is 0. The molecule has 0 saturated heterocycles. The molecule has 0 aliphatic carbocycles. The normalized spacial score (nSPS) is 12.3. The highest BCUT2D eigenvalue weighted by Gasteiger charge is 2.30. The van der Waals surface area contributed by atoms with E-state index in [9.17, 15) is 18.0 Å². The largest absolute Gasteiger partial charge is 0.354 e. The lowest BCUT2D eigenvalue weighted by molar-refractivity contribution is -0.139. The monoisotopic (exact) mass is 473 g/mol. The Hall–Kier alpha value is -2.87. The van der Waals surface area contributed by atoms with Crippen molar-refractivity contribution in [1.29, 1.82) is 0 Å². The number of hydrogen-bond acceptors (Lipinski definition) is 4. The third kappa shape index (κ3) is 7.32. The van der Waals surface area contributed by atoms with E-state index in [1.807, 2.05) is 64.1 Å². The predicted octanol–water partition coefficient (Wildman–Crippen LogP) is 3.26. The average Bonchev–Trinajstić information content (AvgIpc) is 2.75. The van der Waals surface area contributed by atoms with Gasteiger partial charge in [0.05, 0.1) is 11.9 Å². The van der Waals surface area contributed by atoms with Crippen LogP contribution in [0.3, 0.4) is 0 Å². The number of nitrogens with zero attached hydrogens (tertiary/aromatic N) is 2. The molecular formula is C25H35N3O4S. The van der Waals surface area contributed by atoms with Crippen LogP contribution >= 0.6 is 0 Å². The Morgan fingerprint density at radius 3 is 2.18 bits per heavy atom. The Labute approximate surface area is 197 Å². The van der Waals surface area contributed by atoms with Crippen molar-refractivity contribution in [3.05, 3.63) is 65.2 Å². The number of aryl methyl sites for hydroxylation is 1. The van der Waals surface area contributed by atoms with Gasteiger partial charge in [0.15, 0.2) is 0 Å². The minimum Gasteiger partial charge on any atom is -0.354 e. The molecule has 0 radical (unpaired) electrons. The molecule has 8 heteroatoms. The molecule has 2 aromatic rings. The zero-order chi connectivity index (χ0) is 24.8.